The quantitative estimate of drug-likeness (QED) is 0.503. The van der Waals surface area contributed by atoms with Crippen molar-refractivity contribution in [2.75, 3.05) is 18.1 Å². The van der Waals surface area contributed by atoms with Crippen LogP contribution < -0.4 is 16.5 Å². The van der Waals surface area contributed by atoms with Crippen molar-refractivity contribution in [2.24, 2.45) is 5.92 Å². The molecule has 1 aromatic carbocycles. The minimum absolute atomic E-state index is 0.00734. The minimum Gasteiger partial charge on any atom is -0.338 e. The predicted molar refractivity (Wildman–Crippen MR) is 111 cm³/mol. The summed E-state index contributed by atoms with van der Waals surface area (Å²) >= 11 is 1.12. The molecule has 4 N–H and O–H groups in total. The van der Waals surface area contributed by atoms with Gasteiger partial charge < -0.3 is 11.2 Å². The van der Waals surface area contributed by atoms with Gasteiger partial charge in [0, 0.05) is 12.1 Å². The van der Waals surface area contributed by atoms with Crippen LogP contribution in [0.1, 0.15) is 40.2 Å². The van der Waals surface area contributed by atoms with Gasteiger partial charge in [-0.15, -0.1) is 10.2 Å². The zero-order valence-corrected chi connectivity index (χ0v) is 17.8. The number of nitrogens with two attached hydrogens (primary N) is 1. The van der Waals surface area contributed by atoms with E-state index in [0.717, 1.165) is 17.3 Å². The van der Waals surface area contributed by atoms with E-state index in [2.05, 4.69) is 41.6 Å². The van der Waals surface area contributed by atoms with Crippen LogP contribution in [0.15, 0.2) is 29.4 Å². The van der Waals surface area contributed by atoms with Gasteiger partial charge in [-0.2, -0.15) is 0 Å². The lowest BCUT2D eigenvalue weighted by molar-refractivity contribution is -0.117. The van der Waals surface area contributed by atoms with Gasteiger partial charge in [0.1, 0.15) is 0 Å². The van der Waals surface area contributed by atoms with E-state index in [4.69, 9.17) is 5.84 Å². The fourth-order valence-electron chi connectivity index (χ4n) is 2.33. The molecule has 0 aliphatic rings. The van der Waals surface area contributed by atoms with Gasteiger partial charge in [0.15, 0.2) is 5.82 Å². The SMILES string of the molecule is CC(C)CNC(=O)NC(=O)CSc1nnc(-c2ccc(C(C)(C)C)cc2)n1N. The molecule has 0 saturated heterocycles. The van der Waals surface area contributed by atoms with Crippen LogP contribution in [0.5, 0.6) is 0 Å². The normalized spacial score (nSPS) is 11.5. The van der Waals surface area contributed by atoms with Crippen molar-refractivity contribution >= 4 is 23.7 Å². The van der Waals surface area contributed by atoms with E-state index < -0.39 is 11.9 Å². The van der Waals surface area contributed by atoms with Crippen LogP contribution in [0.4, 0.5) is 4.79 Å². The molecular formula is C19H28N6O2S. The molecule has 152 valence electrons. The molecule has 0 aliphatic carbocycles. The highest BCUT2D eigenvalue weighted by Gasteiger charge is 2.17. The number of carbonyl (C=O) groups excluding carboxylic acids is 2. The standard InChI is InChI=1S/C19H28N6O2S/c1-12(2)10-21-17(27)22-15(26)11-28-18-24-23-16(25(18)20)13-6-8-14(9-7-13)19(3,4)5/h6-9,12H,10-11,20H2,1-5H3,(H2,21,22,26,27). The molecule has 1 aromatic heterocycles. The average Bonchev–Trinajstić information content (AvgIpc) is 2.98. The van der Waals surface area contributed by atoms with Crippen molar-refractivity contribution in [3.8, 4) is 11.4 Å². The number of urea groups is 1. The zero-order chi connectivity index (χ0) is 20.9. The Bertz CT molecular complexity index is 824. The van der Waals surface area contributed by atoms with Crippen molar-refractivity contribution in [1.82, 2.24) is 25.5 Å². The minimum atomic E-state index is -0.506. The molecule has 0 spiro atoms. The molecule has 0 radical (unpaired) electrons. The maximum absolute atomic E-state index is 11.9. The number of thioether (sulfide) groups is 1. The second-order valence-corrected chi connectivity index (χ2v) is 8.89. The lowest BCUT2D eigenvalue weighted by Crippen LogP contribution is -2.41. The van der Waals surface area contributed by atoms with E-state index in [0.29, 0.717) is 23.4 Å². The van der Waals surface area contributed by atoms with Crippen LogP contribution in [-0.2, 0) is 10.2 Å². The summed E-state index contributed by atoms with van der Waals surface area (Å²) in [4.78, 5) is 23.5. The number of carbonyl (C=O) groups is 2. The van der Waals surface area contributed by atoms with Crippen LogP contribution in [0.3, 0.4) is 0 Å². The first-order valence-corrected chi connectivity index (χ1v) is 10.1. The number of nitrogen functional groups attached to an aromatic ring is 1. The van der Waals surface area contributed by atoms with E-state index in [1.165, 1.54) is 10.2 Å². The molecule has 28 heavy (non-hydrogen) atoms. The molecule has 0 unspecified atom stereocenters. The smallest absolute Gasteiger partial charge is 0.321 e. The van der Waals surface area contributed by atoms with Crippen LogP contribution in [0.2, 0.25) is 0 Å². The molecule has 3 amide bonds. The Morgan fingerprint density at radius 2 is 1.82 bits per heavy atom. The number of aromatic nitrogens is 3. The first kappa shape index (κ1) is 21.7. The van der Waals surface area contributed by atoms with Crippen molar-refractivity contribution in [1.29, 1.82) is 0 Å². The second kappa shape index (κ2) is 9.09. The van der Waals surface area contributed by atoms with E-state index >= 15 is 0 Å². The van der Waals surface area contributed by atoms with Crippen molar-refractivity contribution < 1.29 is 9.59 Å². The molecule has 0 saturated carbocycles. The first-order valence-electron chi connectivity index (χ1n) is 9.10. The third kappa shape index (κ3) is 5.98. The van der Waals surface area contributed by atoms with E-state index in [1.807, 2.05) is 38.1 Å². The van der Waals surface area contributed by atoms with Crippen LogP contribution in [0, 0.1) is 5.92 Å². The lowest BCUT2D eigenvalue weighted by Gasteiger charge is -2.19. The number of nitrogens with zero attached hydrogens (tertiary/aromatic N) is 3. The topological polar surface area (TPSA) is 115 Å². The monoisotopic (exact) mass is 404 g/mol. The van der Waals surface area contributed by atoms with Gasteiger partial charge in [-0.1, -0.05) is 70.6 Å². The Balaban J connectivity index is 1.96. The molecule has 0 aliphatic heterocycles. The Labute approximate surface area is 169 Å². The summed E-state index contributed by atoms with van der Waals surface area (Å²) < 4.78 is 1.35. The second-order valence-electron chi connectivity index (χ2n) is 7.94. The number of rotatable bonds is 6. The van der Waals surface area contributed by atoms with Gasteiger partial charge in [-0.3, -0.25) is 10.1 Å². The van der Waals surface area contributed by atoms with E-state index in [-0.39, 0.29) is 11.2 Å². The van der Waals surface area contributed by atoms with Crippen molar-refractivity contribution in [2.45, 2.75) is 45.2 Å². The number of amides is 3. The summed E-state index contributed by atoms with van der Waals surface area (Å²) in [5.74, 6) is 6.49. The van der Waals surface area contributed by atoms with Crippen LogP contribution >= 0.6 is 11.8 Å². The van der Waals surface area contributed by atoms with Crippen LogP contribution in [0.25, 0.3) is 11.4 Å². The molecule has 1 heterocycles. The summed E-state index contributed by atoms with van der Waals surface area (Å²) in [6, 6.07) is 7.48. The molecule has 0 atom stereocenters. The maximum atomic E-state index is 11.9. The molecular weight excluding hydrogens is 376 g/mol. The van der Waals surface area contributed by atoms with E-state index in [1.54, 1.807) is 0 Å². The first-order chi connectivity index (χ1) is 13.1. The highest BCUT2D eigenvalue weighted by Crippen LogP contribution is 2.26. The Morgan fingerprint density at radius 1 is 1.18 bits per heavy atom. The van der Waals surface area contributed by atoms with Gasteiger partial charge in [0.2, 0.25) is 11.1 Å². The van der Waals surface area contributed by atoms with Gasteiger partial charge in [0.05, 0.1) is 5.75 Å². The fraction of sp³-hybridized carbons (Fsp3) is 0.474. The summed E-state index contributed by atoms with van der Waals surface area (Å²) in [6.07, 6.45) is 0. The highest BCUT2D eigenvalue weighted by atomic mass is 32.2. The van der Waals surface area contributed by atoms with Crippen molar-refractivity contribution in [3.63, 3.8) is 0 Å². The van der Waals surface area contributed by atoms with Crippen molar-refractivity contribution in [3.05, 3.63) is 29.8 Å². The fourth-order valence-corrected chi connectivity index (χ4v) is 2.98. The van der Waals surface area contributed by atoms with Crippen LogP contribution in [-0.4, -0.2) is 39.1 Å². The van der Waals surface area contributed by atoms with Gasteiger partial charge >= 0.3 is 6.03 Å². The zero-order valence-electron chi connectivity index (χ0n) is 16.9. The highest BCUT2D eigenvalue weighted by molar-refractivity contribution is 7.99. The Kier molecular flexibility index (Phi) is 7.06. The maximum Gasteiger partial charge on any atom is 0.321 e. The number of benzene rings is 1. The Morgan fingerprint density at radius 3 is 2.39 bits per heavy atom. The summed E-state index contributed by atoms with van der Waals surface area (Å²) in [5, 5.41) is 13.5. The molecule has 2 aromatic rings. The number of hydrogen-bond donors (Lipinski definition) is 3. The summed E-state index contributed by atoms with van der Waals surface area (Å²) in [5.41, 5.74) is 2.11. The summed E-state index contributed by atoms with van der Waals surface area (Å²) in [6.45, 7) is 10.9. The third-order valence-corrected chi connectivity index (χ3v) is 4.87. The summed E-state index contributed by atoms with van der Waals surface area (Å²) in [7, 11) is 0. The number of imide groups is 1. The lowest BCUT2D eigenvalue weighted by atomic mass is 9.87. The predicted octanol–water partition coefficient (Wildman–Crippen LogP) is 2.53. The number of hydrogen-bond acceptors (Lipinski definition) is 6. The average molecular weight is 405 g/mol. The van der Waals surface area contributed by atoms with Gasteiger partial charge in [-0.25, -0.2) is 9.47 Å². The number of nitrogens with one attached hydrogen (secondary N) is 2. The van der Waals surface area contributed by atoms with Gasteiger partial charge in [0.25, 0.3) is 0 Å². The van der Waals surface area contributed by atoms with Gasteiger partial charge in [-0.05, 0) is 16.9 Å². The molecule has 9 heteroatoms. The van der Waals surface area contributed by atoms with E-state index in [9.17, 15) is 9.59 Å². The molecule has 0 fully saturated rings. The molecule has 0 bridgehead atoms. The third-order valence-electron chi connectivity index (χ3n) is 3.93. The Hall–Kier alpha value is -2.55. The molecule has 2 rings (SSSR count). The molecule has 8 nitrogen and oxygen atoms in total. The largest absolute Gasteiger partial charge is 0.338 e.